The average Bonchev–Trinajstić information content (AvgIpc) is 3.04. The molecule has 0 aromatic rings. The Hall–Kier alpha value is -1.59. The van der Waals surface area contributed by atoms with Crippen molar-refractivity contribution >= 4 is 17.9 Å². The Balaban J connectivity index is 1.22. The lowest BCUT2D eigenvalue weighted by atomic mass is 9.52. The summed E-state index contributed by atoms with van der Waals surface area (Å²) in [7, 11) is 0. The van der Waals surface area contributed by atoms with E-state index in [1.807, 2.05) is 0 Å². The predicted molar refractivity (Wildman–Crippen MR) is 90.4 cm³/mol. The van der Waals surface area contributed by atoms with E-state index in [2.05, 4.69) is 10.6 Å². The van der Waals surface area contributed by atoms with Gasteiger partial charge in [-0.1, -0.05) is 12.8 Å². The van der Waals surface area contributed by atoms with Crippen LogP contribution >= 0.6 is 0 Å². The summed E-state index contributed by atoms with van der Waals surface area (Å²) in [5.74, 6) is 1.67. The Labute approximate surface area is 148 Å². The molecule has 138 valence electrons. The van der Waals surface area contributed by atoms with E-state index >= 15 is 0 Å². The highest BCUT2D eigenvalue weighted by Gasteiger charge is 2.51. The number of rotatable bonds is 4. The molecule has 5 aliphatic rings. The van der Waals surface area contributed by atoms with Crippen LogP contribution in [0.25, 0.3) is 0 Å². The minimum atomic E-state index is -0.548. The number of amides is 3. The van der Waals surface area contributed by atoms with Crippen LogP contribution < -0.4 is 10.6 Å². The monoisotopic (exact) mass is 348 g/mol. The van der Waals surface area contributed by atoms with Gasteiger partial charge in [0.1, 0.15) is 0 Å². The van der Waals surface area contributed by atoms with Crippen LogP contribution in [0.3, 0.4) is 0 Å². The summed E-state index contributed by atoms with van der Waals surface area (Å²) in [6.45, 7) is -0.361. The van der Waals surface area contributed by atoms with Gasteiger partial charge in [0, 0.05) is 6.04 Å². The van der Waals surface area contributed by atoms with Crippen molar-refractivity contribution in [1.82, 2.24) is 10.6 Å². The third kappa shape index (κ3) is 3.67. The molecule has 4 bridgehead atoms. The van der Waals surface area contributed by atoms with Gasteiger partial charge in [-0.15, -0.1) is 0 Å². The first-order valence-corrected chi connectivity index (χ1v) is 9.85. The second-order valence-corrected chi connectivity index (χ2v) is 8.57. The van der Waals surface area contributed by atoms with E-state index in [1.165, 1.54) is 6.42 Å². The normalized spacial score (nSPS) is 36.2. The van der Waals surface area contributed by atoms with E-state index in [9.17, 15) is 14.4 Å². The van der Waals surface area contributed by atoms with E-state index in [0.29, 0.717) is 11.8 Å². The molecule has 0 saturated heterocycles. The van der Waals surface area contributed by atoms with Crippen LogP contribution in [0.5, 0.6) is 0 Å². The predicted octanol–water partition coefficient (Wildman–Crippen LogP) is 2.37. The topological polar surface area (TPSA) is 84.5 Å². The minimum Gasteiger partial charge on any atom is -0.455 e. The van der Waals surface area contributed by atoms with Gasteiger partial charge < -0.3 is 10.1 Å². The Kier molecular flexibility index (Phi) is 4.69. The molecule has 6 heteroatoms. The third-order valence-corrected chi connectivity index (χ3v) is 6.79. The lowest BCUT2D eigenvalue weighted by molar-refractivity contribution is -0.164. The standard InChI is InChI=1S/C19H28N2O4/c22-16(21-19(24)20-15-3-1-2-4-15)10-25-18(23)17-13-6-11-5-12(8-13)9-14(17)7-11/h11-15,17H,1-10H2,(H2,20,21,22,24). The molecule has 3 amide bonds. The van der Waals surface area contributed by atoms with Crippen LogP contribution in [-0.2, 0) is 14.3 Å². The molecule has 0 aromatic heterocycles. The van der Waals surface area contributed by atoms with Crippen molar-refractivity contribution in [2.24, 2.45) is 29.6 Å². The van der Waals surface area contributed by atoms with Crippen molar-refractivity contribution in [1.29, 1.82) is 0 Å². The maximum atomic E-state index is 12.5. The molecule has 0 spiro atoms. The van der Waals surface area contributed by atoms with Crippen LogP contribution in [0.1, 0.15) is 57.8 Å². The van der Waals surface area contributed by atoms with Gasteiger partial charge in [-0.2, -0.15) is 0 Å². The molecule has 0 unspecified atom stereocenters. The fraction of sp³-hybridized carbons (Fsp3) is 0.842. The van der Waals surface area contributed by atoms with Crippen LogP contribution in [0.2, 0.25) is 0 Å². The van der Waals surface area contributed by atoms with Crippen molar-refractivity contribution in [3.05, 3.63) is 0 Å². The second-order valence-electron chi connectivity index (χ2n) is 8.57. The molecule has 5 aliphatic carbocycles. The summed E-state index contributed by atoms with van der Waals surface area (Å²) in [4.78, 5) is 36.1. The molecule has 0 aromatic carbocycles. The molecule has 0 aliphatic heterocycles. The van der Waals surface area contributed by atoms with Crippen molar-refractivity contribution in [2.75, 3.05) is 6.61 Å². The number of carbonyl (C=O) groups is 3. The molecule has 5 saturated carbocycles. The minimum absolute atomic E-state index is 0.0343. The summed E-state index contributed by atoms with van der Waals surface area (Å²) in [5.41, 5.74) is 0. The molecular formula is C19H28N2O4. The number of hydrogen-bond acceptors (Lipinski definition) is 4. The summed E-state index contributed by atoms with van der Waals surface area (Å²) in [6.07, 6.45) is 10.1. The SMILES string of the molecule is O=C(COC(=O)C1C2CC3CC(C2)CC1C3)NC(=O)NC1CCCC1. The summed E-state index contributed by atoms with van der Waals surface area (Å²) >= 11 is 0. The maximum Gasteiger partial charge on any atom is 0.321 e. The van der Waals surface area contributed by atoms with E-state index < -0.39 is 11.9 Å². The number of carbonyl (C=O) groups excluding carboxylic acids is 3. The van der Waals surface area contributed by atoms with Gasteiger partial charge in [0.2, 0.25) is 0 Å². The van der Waals surface area contributed by atoms with E-state index in [1.54, 1.807) is 0 Å². The Morgan fingerprint density at radius 1 is 0.880 bits per heavy atom. The Morgan fingerprint density at radius 3 is 2.08 bits per heavy atom. The molecule has 5 rings (SSSR count). The van der Waals surface area contributed by atoms with Gasteiger partial charge in [-0.25, -0.2) is 4.79 Å². The first-order chi connectivity index (χ1) is 12.1. The molecule has 0 heterocycles. The van der Waals surface area contributed by atoms with Gasteiger partial charge in [0.05, 0.1) is 5.92 Å². The van der Waals surface area contributed by atoms with E-state index in [0.717, 1.165) is 63.2 Å². The van der Waals surface area contributed by atoms with Gasteiger partial charge in [0.25, 0.3) is 5.91 Å². The quantitative estimate of drug-likeness (QED) is 0.764. The van der Waals surface area contributed by atoms with Crippen LogP contribution in [0.4, 0.5) is 4.79 Å². The largest absolute Gasteiger partial charge is 0.455 e. The number of urea groups is 1. The first kappa shape index (κ1) is 16.9. The molecular weight excluding hydrogens is 320 g/mol. The molecule has 5 fully saturated rings. The highest BCUT2D eigenvalue weighted by Crippen LogP contribution is 2.56. The average molecular weight is 348 g/mol. The zero-order chi connectivity index (χ0) is 17.4. The molecule has 6 nitrogen and oxygen atoms in total. The number of esters is 1. The fourth-order valence-corrected chi connectivity index (χ4v) is 6.00. The summed E-state index contributed by atoms with van der Waals surface area (Å²) in [5, 5.41) is 5.05. The van der Waals surface area contributed by atoms with Crippen LogP contribution in [-0.4, -0.2) is 30.6 Å². The Morgan fingerprint density at radius 2 is 1.48 bits per heavy atom. The second kappa shape index (κ2) is 6.96. The van der Waals surface area contributed by atoms with Gasteiger partial charge in [-0.3, -0.25) is 14.9 Å². The molecule has 0 radical (unpaired) electrons. The number of hydrogen-bond donors (Lipinski definition) is 2. The van der Waals surface area contributed by atoms with Crippen molar-refractivity contribution in [3.8, 4) is 0 Å². The van der Waals surface area contributed by atoms with Crippen LogP contribution in [0, 0.1) is 29.6 Å². The number of imide groups is 1. The molecule has 25 heavy (non-hydrogen) atoms. The number of ether oxygens (including phenoxy) is 1. The fourth-order valence-electron chi connectivity index (χ4n) is 6.00. The lowest BCUT2D eigenvalue weighted by Crippen LogP contribution is -2.49. The van der Waals surface area contributed by atoms with Gasteiger partial charge >= 0.3 is 12.0 Å². The van der Waals surface area contributed by atoms with Crippen LogP contribution in [0.15, 0.2) is 0 Å². The van der Waals surface area contributed by atoms with E-state index in [-0.39, 0.29) is 24.5 Å². The Bertz CT molecular complexity index is 528. The number of nitrogens with one attached hydrogen (secondary N) is 2. The van der Waals surface area contributed by atoms with E-state index in [4.69, 9.17) is 4.74 Å². The third-order valence-electron chi connectivity index (χ3n) is 6.79. The van der Waals surface area contributed by atoms with Crippen molar-refractivity contribution in [2.45, 2.75) is 63.8 Å². The zero-order valence-electron chi connectivity index (χ0n) is 14.7. The van der Waals surface area contributed by atoms with Crippen molar-refractivity contribution < 1.29 is 19.1 Å². The highest BCUT2D eigenvalue weighted by atomic mass is 16.5. The molecule has 2 N–H and O–H groups in total. The summed E-state index contributed by atoms with van der Waals surface area (Å²) < 4.78 is 5.27. The van der Waals surface area contributed by atoms with Crippen molar-refractivity contribution in [3.63, 3.8) is 0 Å². The first-order valence-electron chi connectivity index (χ1n) is 9.85. The van der Waals surface area contributed by atoms with Gasteiger partial charge in [-0.05, 0) is 68.6 Å². The summed E-state index contributed by atoms with van der Waals surface area (Å²) in [6, 6.07) is -0.328. The highest BCUT2D eigenvalue weighted by molar-refractivity contribution is 5.95. The molecule has 0 atom stereocenters. The van der Waals surface area contributed by atoms with Gasteiger partial charge in [0.15, 0.2) is 6.61 Å². The smallest absolute Gasteiger partial charge is 0.321 e. The maximum absolute atomic E-state index is 12.5. The lowest BCUT2D eigenvalue weighted by Gasteiger charge is -2.53. The zero-order valence-corrected chi connectivity index (χ0v) is 14.7.